The molecule has 0 bridgehead atoms. The monoisotopic (exact) mass is 342 g/mol. The fourth-order valence-electron chi connectivity index (χ4n) is 3.34. The number of amides is 1. The van der Waals surface area contributed by atoms with Crippen molar-refractivity contribution < 1.29 is 14.3 Å². The Hall–Kier alpha value is -2.70. The number of benzene rings is 1. The van der Waals surface area contributed by atoms with Crippen molar-refractivity contribution in [1.82, 2.24) is 15.1 Å². The average Bonchev–Trinajstić information content (AvgIpc) is 3.08. The second kappa shape index (κ2) is 6.66. The minimum Gasteiger partial charge on any atom is -0.485 e. The molecule has 7 nitrogen and oxygen atoms in total. The number of nitrogens with one attached hydrogen (secondary N) is 1. The van der Waals surface area contributed by atoms with Crippen LogP contribution in [0.15, 0.2) is 36.7 Å². The van der Waals surface area contributed by atoms with E-state index in [1.165, 1.54) is 0 Å². The van der Waals surface area contributed by atoms with E-state index in [1.807, 2.05) is 43.7 Å². The summed E-state index contributed by atoms with van der Waals surface area (Å²) in [5.41, 5.74) is 1.09. The Morgan fingerprint density at radius 3 is 2.96 bits per heavy atom. The summed E-state index contributed by atoms with van der Waals surface area (Å²) >= 11 is 0. The lowest BCUT2D eigenvalue weighted by Crippen LogP contribution is -2.53. The van der Waals surface area contributed by atoms with E-state index in [0.29, 0.717) is 11.5 Å². The summed E-state index contributed by atoms with van der Waals surface area (Å²) < 4.78 is 13.2. The molecule has 0 saturated carbocycles. The van der Waals surface area contributed by atoms with Crippen molar-refractivity contribution in [3.63, 3.8) is 0 Å². The van der Waals surface area contributed by atoms with Gasteiger partial charge in [-0.1, -0.05) is 12.1 Å². The number of piperidine rings is 1. The van der Waals surface area contributed by atoms with Gasteiger partial charge in [-0.25, -0.2) is 0 Å². The summed E-state index contributed by atoms with van der Waals surface area (Å²) in [5, 5.41) is 7.34. The van der Waals surface area contributed by atoms with Crippen LogP contribution in [0.4, 0.5) is 5.69 Å². The van der Waals surface area contributed by atoms with Gasteiger partial charge in [0.1, 0.15) is 6.61 Å². The molecule has 2 atom stereocenters. The first-order valence-electron chi connectivity index (χ1n) is 8.61. The van der Waals surface area contributed by atoms with Crippen molar-refractivity contribution in [1.29, 1.82) is 0 Å². The lowest BCUT2D eigenvalue weighted by atomic mass is 10.0. The molecule has 1 aromatic carbocycles. The number of fused-ring (bicyclic) bond motifs is 1. The van der Waals surface area contributed by atoms with Crippen LogP contribution in [-0.4, -0.2) is 47.5 Å². The van der Waals surface area contributed by atoms with Gasteiger partial charge in [0.2, 0.25) is 6.10 Å². The maximum atomic E-state index is 12.6. The standard InChI is InChI=1S/C18H22N4O3/c1-21-11-14(9-19-21)22-8-4-5-13(10-22)20-18(23)17-12-24-15-6-2-3-7-16(15)25-17/h2-3,6-7,9,11,13,17H,4-5,8,10,12H2,1H3,(H,20,23)/t13-,17-/m1/s1. The zero-order valence-electron chi connectivity index (χ0n) is 14.2. The third-order valence-corrected chi connectivity index (χ3v) is 4.63. The van der Waals surface area contributed by atoms with Crippen LogP contribution in [0.1, 0.15) is 12.8 Å². The Balaban J connectivity index is 1.36. The Bertz CT molecular complexity index is 760. The van der Waals surface area contributed by atoms with Crippen LogP contribution in [0.25, 0.3) is 0 Å². The first kappa shape index (κ1) is 15.8. The van der Waals surface area contributed by atoms with E-state index >= 15 is 0 Å². The van der Waals surface area contributed by atoms with Crippen LogP contribution in [-0.2, 0) is 11.8 Å². The number of hydrogen-bond acceptors (Lipinski definition) is 5. The number of aromatic nitrogens is 2. The zero-order valence-corrected chi connectivity index (χ0v) is 14.2. The molecule has 0 aliphatic carbocycles. The van der Waals surface area contributed by atoms with Crippen molar-refractivity contribution in [2.45, 2.75) is 25.0 Å². The smallest absolute Gasteiger partial charge is 0.264 e. The number of nitrogens with zero attached hydrogens (tertiary/aromatic N) is 3. The van der Waals surface area contributed by atoms with E-state index in [2.05, 4.69) is 15.3 Å². The molecule has 3 heterocycles. The van der Waals surface area contributed by atoms with Crippen LogP contribution in [0.3, 0.4) is 0 Å². The second-order valence-electron chi connectivity index (χ2n) is 6.53. The van der Waals surface area contributed by atoms with Crippen LogP contribution in [0.5, 0.6) is 11.5 Å². The van der Waals surface area contributed by atoms with Crippen molar-refractivity contribution >= 4 is 11.6 Å². The molecular formula is C18H22N4O3. The molecule has 1 fully saturated rings. The molecule has 7 heteroatoms. The third-order valence-electron chi connectivity index (χ3n) is 4.63. The molecule has 2 aliphatic rings. The van der Waals surface area contributed by atoms with E-state index in [4.69, 9.17) is 9.47 Å². The Morgan fingerprint density at radius 2 is 2.16 bits per heavy atom. The average molecular weight is 342 g/mol. The molecule has 1 saturated heterocycles. The van der Waals surface area contributed by atoms with Crippen LogP contribution in [0, 0.1) is 0 Å². The van der Waals surface area contributed by atoms with Gasteiger partial charge in [0.05, 0.1) is 11.9 Å². The van der Waals surface area contributed by atoms with E-state index < -0.39 is 6.10 Å². The van der Waals surface area contributed by atoms with Gasteiger partial charge >= 0.3 is 0 Å². The highest BCUT2D eigenvalue weighted by molar-refractivity contribution is 5.82. The molecule has 0 radical (unpaired) electrons. The predicted octanol–water partition coefficient (Wildman–Crippen LogP) is 1.35. The summed E-state index contributed by atoms with van der Waals surface area (Å²) in [6, 6.07) is 7.52. The van der Waals surface area contributed by atoms with Crippen molar-refractivity contribution in [2.75, 3.05) is 24.6 Å². The Morgan fingerprint density at radius 1 is 1.32 bits per heavy atom. The van der Waals surface area contributed by atoms with Gasteiger partial charge in [0.25, 0.3) is 5.91 Å². The van der Waals surface area contributed by atoms with Gasteiger partial charge in [-0.15, -0.1) is 0 Å². The SMILES string of the molecule is Cn1cc(N2CCC[C@@H](NC(=O)[C@H]3COc4ccccc4O3)C2)cn1. The predicted molar refractivity (Wildman–Crippen MR) is 92.9 cm³/mol. The lowest BCUT2D eigenvalue weighted by Gasteiger charge is -2.35. The summed E-state index contributed by atoms with van der Waals surface area (Å²) in [6.45, 7) is 2.00. The minimum absolute atomic E-state index is 0.0993. The maximum absolute atomic E-state index is 12.6. The first-order valence-corrected chi connectivity index (χ1v) is 8.61. The van der Waals surface area contributed by atoms with Crippen LogP contribution in [0.2, 0.25) is 0 Å². The van der Waals surface area contributed by atoms with Crippen LogP contribution >= 0.6 is 0 Å². The summed E-state index contributed by atoms with van der Waals surface area (Å²) in [5.74, 6) is 1.19. The number of para-hydroxylation sites is 2. The Labute approximate surface area is 146 Å². The molecule has 1 amide bonds. The zero-order chi connectivity index (χ0) is 17.2. The number of carbonyl (C=O) groups excluding carboxylic acids is 1. The molecule has 1 N–H and O–H groups in total. The molecular weight excluding hydrogens is 320 g/mol. The normalized spacial score (nSPS) is 22.5. The summed E-state index contributed by atoms with van der Waals surface area (Å²) in [6.07, 6.45) is 5.25. The fraction of sp³-hybridized carbons (Fsp3) is 0.444. The second-order valence-corrected chi connectivity index (χ2v) is 6.53. The van der Waals surface area contributed by atoms with Gasteiger partial charge in [0.15, 0.2) is 11.5 Å². The van der Waals surface area contributed by atoms with Gasteiger partial charge < -0.3 is 19.7 Å². The third kappa shape index (κ3) is 3.40. The van der Waals surface area contributed by atoms with E-state index in [1.54, 1.807) is 4.68 Å². The van der Waals surface area contributed by atoms with Gasteiger partial charge in [-0.2, -0.15) is 5.10 Å². The van der Waals surface area contributed by atoms with Gasteiger partial charge in [-0.05, 0) is 25.0 Å². The Kier molecular flexibility index (Phi) is 4.21. The molecule has 4 rings (SSSR count). The topological polar surface area (TPSA) is 68.6 Å². The van der Waals surface area contributed by atoms with Crippen molar-refractivity contribution in [2.24, 2.45) is 7.05 Å². The molecule has 2 aliphatic heterocycles. The number of anilines is 1. The number of carbonyl (C=O) groups is 1. The van der Waals surface area contributed by atoms with E-state index in [9.17, 15) is 4.79 Å². The van der Waals surface area contributed by atoms with Gasteiger partial charge in [0, 0.05) is 32.4 Å². The first-order chi connectivity index (χ1) is 12.2. The highest BCUT2D eigenvalue weighted by atomic mass is 16.6. The maximum Gasteiger partial charge on any atom is 0.264 e. The van der Waals surface area contributed by atoms with E-state index in [0.717, 1.165) is 31.6 Å². The highest BCUT2D eigenvalue weighted by Crippen LogP contribution is 2.31. The molecule has 25 heavy (non-hydrogen) atoms. The quantitative estimate of drug-likeness (QED) is 0.912. The largest absolute Gasteiger partial charge is 0.485 e. The fourth-order valence-corrected chi connectivity index (χ4v) is 3.34. The summed E-state index contributed by atoms with van der Waals surface area (Å²) in [4.78, 5) is 14.8. The van der Waals surface area contributed by atoms with Crippen molar-refractivity contribution in [3.8, 4) is 11.5 Å². The number of ether oxygens (including phenoxy) is 2. The number of aryl methyl sites for hydroxylation is 1. The molecule has 2 aromatic rings. The lowest BCUT2D eigenvalue weighted by molar-refractivity contribution is -0.131. The summed E-state index contributed by atoms with van der Waals surface area (Å²) in [7, 11) is 1.91. The molecule has 1 aromatic heterocycles. The number of hydrogen-bond donors (Lipinski definition) is 1. The van der Waals surface area contributed by atoms with Gasteiger partial charge in [-0.3, -0.25) is 9.48 Å². The molecule has 0 spiro atoms. The molecule has 132 valence electrons. The number of rotatable bonds is 3. The molecule has 0 unspecified atom stereocenters. The highest BCUT2D eigenvalue weighted by Gasteiger charge is 2.30. The van der Waals surface area contributed by atoms with Crippen molar-refractivity contribution in [3.05, 3.63) is 36.7 Å². The van der Waals surface area contributed by atoms with E-state index in [-0.39, 0.29) is 18.6 Å². The minimum atomic E-state index is -0.608. The van der Waals surface area contributed by atoms with Crippen LogP contribution < -0.4 is 19.7 Å².